The summed E-state index contributed by atoms with van der Waals surface area (Å²) in [4.78, 5) is 30.5. The van der Waals surface area contributed by atoms with Crippen molar-refractivity contribution in [2.24, 2.45) is 23.2 Å². The lowest BCUT2D eigenvalue weighted by Crippen LogP contribution is -2.50. The standard InChI is InChI=1S/C23H34N2O4S/c1-12-14-7-9-23(6)11-15-18(13(2)17(23)19(14)28-20(12)26)25-16(30-15)8-10-24-21(27)29-22(3,4)5/h12-14,17,19H,7-11H2,1-6H3,(H,24,27)/t12-,13-,14-,17+,19-,23-/m0/s1. The van der Waals surface area contributed by atoms with Gasteiger partial charge in [0, 0.05) is 35.6 Å². The van der Waals surface area contributed by atoms with Crippen LogP contribution in [0.3, 0.4) is 0 Å². The zero-order valence-electron chi connectivity index (χ0n) is 18.9. The molecule has 166 valence electrons. The van der Waals surface area contributed by atoms with Crippen LogP contribution in [0.1, 0.15) is 75.9 Å². The van der Waals surface area contributed by atoms with Gasteiger partial charge in [-0.3, -0.25) is 4.79 Å². The van der Waals surface area contributed by atoms with Gasteiger partial charge in [-0.1, -0.05) is 20.8 Å². The van der Waals surface area contributed by atoms with Crippen LogP contribution in [0.5, 0.6) is 0 Å². The molecule has 0 unspecified atom stereocenters. The Hall–Kier alpha value is -1.63. The Labute approximate surface area is 183 Å². The molecule has 30 heavy (non-hydrogen) atoms. The summed E-state index contributed by atoms with van der Waals surface area (Å²) in [5.41, 5.74) is 0.826. The highest BCUT2D eigenvalue weighted by molar-refractivity contribution is 7.11. The lowest BCUT2D eigenvalue weighted by molar-refractivity contribution is -0.149. The highest BCUT2D eigenvalue weighted by Gasteiger charge is 2.58. The van der Waals surface area contributed by atoms with Crippen LogP contribution in [0.4, 0.5) is 4.79 Å². The van der Waals surface area contributed by atoms with E-state index in [0.29, 0.717) is 24.8 Å². The molecule has 7 heteroatoms. The number of rotatable bonds is 3. The normalized spacial score (nSPS) is 35.1. The van der Waals surface area contributed by atoms with E-state index in [9.17, 15) is 9.59 Å². The minimum absolute atomic E-state index is 0.0121. The van der Waals surface area contributed by atoms with Crippen molar-refractivity contribution >= 4 is 23.4 Å². The predicted octanol–water partition coefficient (Wildman–Crippen LogP) is 4.46. The summed E-state index contributed by atoms with van der Waals surface area (Å²) in [7, 11) is 0. The molecule has 2 heterocycles. The van der Waals surface area contributed by atoms with Gasteiger partial charge in [0.1, 0.15) is 11.7 Å². The molecule has 2 aliphatic carbocycles. The molecule has 6 nitrogen and oxygen atoms in total. The van der Waals surface area contributed by atoms with Crippen LogP contribution in [0.2, 0.25) is 0 Å². The number of fused-ring (bicyclic) bond motifs is 4. The summed E-state index contributed by atoms with van der Waals surface area (Å²) in [5.74, 6) is 0.925. The van der Waals surface area contributed by atoms with Crippen molar-refractivity contribution < 1.29 is 19.1 Å². The van der Waals surface area contributed by atoms with Crippen molar-refractivity contribution in [1.82, 2.24) is 10.3 Å². The Morgan fingerprint density at radius 2 is 2.07 bits per heavy atom. The van der Waals surface area contributed by atoms with E-state index in [1.165, 1.54) is 10.6 Å². The highest BCUT2D eigenvalue weighted by atomic mass is 32.1. The Balaban J connectivity index is 1.46. The van der Waals surface area contributed by atoms with Gasteiger partial charge < -0.3 is 14.8 Å². The minimum atomic E-state index is -0.495. The van der Waals surface area contributed by atoms with Crippen molar-refractivity contribution in [2.45, 2.75) is 84.8 Å². The molecule has 1 saturated carbocycles. The second kappa shape index (κ2) is 7.50. The predicted molar refractivity (Wildman–Crippen MR) is 116 cm³/mol. The van der Waals surface area contributed by atoms with Crippen LogP contribution in [0.25, 0.3) is 0 Å². The Bertz CT molecular complexity index is 845. The summed E-state index contributed by atoms with van der Waals surface area (Å²) in [6.07, 6.45) is 3.54. The fraction of sp³-hybridized carbons (Fsp3) is 0.783. The number of ether oxygens (including phenoxy) is 2. The molecule has 1 aromatic rings. The van der Waals surface area contributed by atoms with E-state index in [4.69, 9.17) is 14.5 Å². The third-order valence-electron chi connectivity index (χ3n) is 7.21. The molecule has 0 spiro atoms. The van der Waals surface area contributed by atoms with E-state index in [1.807, 2.05) is 27.7 Å². The number of nitrogens with zero attached hydrogens (tertiary/aromatic N) is 1. The Kier molecular flexibility index (Phi) is 5.40. The average Bonchev–Trinajstić information content (AvgIpc) is 3.13. The van der Waals surface area contributed by atoms with Crippen LogP contribution >= 0.6 is 11.3 Å². The summed E-state index contributed by atoms with van der Waals surface area (Å²) >= 11 is 1.77. The zero-order valence-corrected chi connectivity index (χ0v) is 19.7. The lowest BCUT2D eigenvalue weighted by atomic mass is 9.54. The summed E-state index contributed by atoms with van der Waals surface area (Å²) in [5, 5.41) is 3.88. The number of amides is 1. The number of carbonyl (C=O) groups excluding carboxylic acids is 2. The number of carbonyl (C=O) groups is 2. The average molecular weight is 435 g/mol. The minimum Gasteiger partial charge on any atom is -0.461 e. The van der Waals surface area contributed by atoms with E-state index in [2.05, 4.69) is 19.2 Å². The first-order chi connectivity index (χ1) is 14.0. The Morgan fingerprint density at radius 1 is 1.33 bits per heavy atom. The molecule has 1 saturated heterocycles. The largest absolute Gasteiger partial charge is 0.461 e. The fourth-order valence-corrected chi connectivity index (χ4v) is 7.19. The van der Waals surface area contributed by atoms with Gasteiger partial charge in [0.2, 0.25) is 0 Å². The van der Waals surface area contributed by atoms with Gasteiger partial charge in [-0.2, -0.15) is 0 Å². The number of hydrogen-bond donors (Lipinski definition) is 1. The van der Waals surface area contributed by atoms with E-state index >= 15 is 0 Å². The van der Waals surface area contributed by atoms with Crippen molar-refractivity contribution in [1.29, 1.82) is 0 Å². The SMILES string of the molecule is C[C@@H]1C(=O)O[C@H]2[C@H]1CC[C@@]1(C)Cc3sc(CCNC(=O)OC(C)(C)C)nc3[C@@H](C)[C@H]21. The van der Waals surface area contributed by atoms with Crippen LogP contribution in [0, 0.1) is 23.2 Å². The maximum absolute atomic E-state index is 12.3. The van der Waals surface area contributed by atoms with Gasteiger partial charge in [-0.05, 0) is 45.4 Å². The number of alkyl carbamates (subject to hydrolysis) is 1. The molecule has 4 rings (SSSR count). The van der Waals surface area contributed by atoms with Crippen LogP contribution in [0.15, 0.2) is 0 Å². The maximum atomic E-state index is 12.3. The molecule has 2 fully saturated rings. The molecular weight excluding hydrogens is 400 g/mol. The third-order valence-corrected chi connectivity index (χ3v) is 8.34. The number of esters is 1. The van der Waals surface area contributed by atoms with E-state index in [0.717, 1.165) is 24.3 Å². The second-order valence-corrected chi connectivity index (χ2v) is 11.8. The number of thiazole rings is 1. The van der Waals surface area contributed by atoms with E-state index < -0.39 is 5.60 Å². The number of aromatic nitrogens is 1. The monoisotopic (exact) mass is 434 g/mol. The van der Waals surface area contributed by atoms with Gasteiger partial charge in [-0.25, -0.2) is 9.78 Å². The van der Waals surface area contributed by atoms with Gasteiger partial charge in [-0.15, -0.1) is 11.3 Å². The molecule has 1 amide bonds. The van der Waals surface area contributed by atoms with Gasteiger partial charge in [0.15, 0.2) is 0 Å². The van der Waals surface area contributed by atoms with E-state index in [-0.39, 0.29) is 35.4 Å². The van der Waals surface area contributed by atoms with Gasteiger partial charge in [0.25, 0.3) is 0 Å². The summed E-state index contributed by atoms with van der Waals surface area (Å²) < 4.78 is 11.2. The third kappa shape index (κ3) is 3.85. The van der Waals surface area contributed by atoms with Crippen molar-refractivity contribution in [3.05, 3.63) is 15.6 Å². The van der Waals surface area contributed by atoms with Crippen molar-refractivity contribution in [3.8, 4) is 0 Å². The van der Waals surface area contributed by atoms with Gasteiger partial charge >= 0.3 is 12.1 Å². The maximum Gasteiger partial charge on any atom is 0.407 e. The van der Waals surface area contributed by atoms with Crippen LogP contribution in [-0.4, -0.2) is 35.3 Å². The van der Waals surface area contributed by atoms with Crippen LogP contribution < -0.4 is 5.32 Å². The molecule has 0 radical (unpaired) electrons. The molecular formula is C23H34N2O4S. The number of nitrogens with one attached hydrogen (secondary N) is 1. The molecule has 1 N–H and O–H groups in total. The number of hydrogen-bond acceptors (Lipinski definition) is 6. The quantitative estimate of drug-likeness (QED) is 0.711. The fourth-order valence-electron chi connectivity index (χ4n) is 5.82. The van der Waals surface area contributed by atoms with Crippen LogP contribution in [-0.2, 0) is 27.1 Å². The van der Waals surface area contributed by atoms with E-state index in [1.54, 1.807) is 11.3 Å². The molecule has 1 aromatic heterocycles. The van der Waals surface area contributed by atoms with Crippen molar-refractivity contribution in [2.75, 3.05) is 6.54 Å². The first-order valence-electron chi connectivity index (χ1n) is 11.1. The summed E-state index contributed by atoms with van der Waals surface area (Å²) in [6.45, 7) is 12.7. The van der Waals surface area contributed by atoms with Gasteiger partial charge in [0.05, 0.1) is 16.6 Å². The second-order valence-electron chi connectivity index (χ2n) is 10.6. The zero-order chi connectivity index (χ0) is 21.8. The molecule has 3 aliphatic rings. The van der Waals surface area contributed by atoms with Crippen molar-refractivity contribution in [3.63, 3.8) is 0 Å². The first kappa shape index (κ1) is 21.6. The molecule has 0 bridgehead atoms. The smallest absolute Gasteiger partial charge is 0.407 e. The highest BCUT2D eigenvalue weighted by Crippen LogP contribution is 2.59. The molecule has 6 atom stereocenters. The summed E-state index contributed by atoms with van der Waals surface area (Å²) in [6, 6.07) is 0. The molecule has 1 aliphatic heterocycles. The molecule has 0 aromatic carbocycles. The lowest BCUT2D eigenvalue weighted by Gasteiger charge is -2.51. The Morgan fingerprint density at radius 3 is 2.77 bits per heavy atom. The topological polar surface area (TPSA) is 77.5 Å². The first-order valence-corrected chi connectivity index (χ1v) is 12.0.